The van der Waals surface area contributed by atoms with Crippen LogP contribution in [0, 0.1) is 13.8 Å². The van der Waals surface area contributed by atoms with Crippen molar-refractivity contribution in [1.29, 1.82) is 0 Å². The Morgan fingerprint density at radius 3 is 2.32 bits per heavy atom. The molecule has 0 atom stereocenters. The highest BCUT2D eigenvalue weighted by molar-refractivity contribution is 7.89. The summed E-state index contributed by atoms with van der Waals surface area (Å²) in [5.74, 6) is 0.299. The molecule has 0 saturated heterocycles. The molecule has 0 aromatic heterocycles. The first-order chi connectivity index (χ1) is 16.2. The maximum absolute atomic E-state index is 13.1. The summed E-state index contributed by atoms with van der Waals surface area (Å²) in [6.07, 6.45) is 0.799. The highest BCUT2D eigenvalue weighted by atomic mass is 32.2. The fourth-order valence-electron chi connectivity index (χ4n) is 3.74. The number of ether oxygens (including phenoxy) is 1. The lowest BCUT2D eigenvalue weighted by Gasteiger charge is -2.20. The van der Waals surface area contributed by atoms with Crippen LogP contribution in [0.1, 0.15) is 46.5 Å². The van der Waals surface area contributed by atoms with Gasteiger partial charge in [-0.25, -0.2) is 8.42 Å². The molecule has 0 fully saturated rings. The molecule has 0 bridgehead atoms. The Hall–Kier alpha value is -3.16. The van der Waals surface area contributed by atoms with E-state index in [9.17, 15) is 13.2 Å². The van der Waals surface area contributed by atoms with Crippen LogP contribution in [-0.2, 0) is 23.0 Å². The first-order valence-corrected chi connectivity index (χ1v) is 12.8. The molecule has 0 aliphatic carbocycles. The molecule has 0 unspecified atom stereocenters. The van der Waals surface area contributed by atoms with Crippen LogP contribution in [-0.4, -0.2) is 32.3 Å². The number of carbonyl (C=O) groups excluding carboxylic acids is 1. The average Bonchev–Trinajstić information content (AvgIpc) is 2.81. The predicted octanol–water partition coefficient (Wildman–Crippen LogP) is 5.34. The van der Waals surface area contributed by atoms with E-state index in [-0.39, 0.29) is 17.3 Å². The van der Waals surface area contributed by atoms with Gasteiger partial charge < -0.3 is 10.1 Å². The van der Waals surface area contributed by atoms with Gasteiger partial charge >= 0.3 is 0 Å². The Kier molecular flexibility index (Phi) is 8.12. The van der Waals surface area contributed by atoms with E-state index in [0.717, 1.165) is 28.8 Å². The van der Waals surface area contributed by atoms with Gasteiger partial charge in [0.2, 0.25) is 10.0 Å². The number of nitrogens with zero attached hydrogens (tertiary/aromatic N) is 1. The van der Waals surface area contributed by atoms with Crippen molar-refractivity contribution in [3.05, 3.63) is 88.5 Å². The van der Waals surface area contributed by atoms with E-state index in [0.29, 0.717) is 23.5 Å². The molecule has 180 valence electrons. The summed E-state index contributed by atoms with van der Waals surface area (Å²) in [5, 5.41) is 3.03. The molecule has 0 aliphatic rings. The highest BCUT2D eigenvalue weighted by Crippen LogP contribution is 2.26. The van der Waals surface area contributed by atoms with Crippen molar-refractivity contribution >= 4 is 21.6 Å². The molecule has 0 spiro atoms. The molecule has 7 heteroatoms. The SMILES string of the molecule is CCOc1ccc(C(=O)Nc2c(C)cccc2CC)cc1CN(C)S(=O)(=O)c1ccc(C)cc1. The summed E-state index contributed by atoms with van der Waals surface area (Å²) < 4.78 is 33.2. The van der Waals surface area contributed by atoms with Gasteiger partial charge in [0.25, 0.3) is 5.91 Å². The number of carbonyl (C=O) groups is 1. The fraction of sp³-hybridized carbons (Fsp3) is 0.296. The number of benzene rings is 3. The summed E-state index contributed by atoms with van der Waals surface area (Å²) in [7, 11) is -2.18. The molecular formula is C27H32N2O4S. The average molecular weight is 481 g/mol. The maximum Gasteiger partial charge on any atom is 0.255 e. The number of amides is 1. The van der Waals surface area contributed by atoms with Crippen molar-refractivity contribution in [3.63, 3.8) is 0 Å². The van der Waals surface area contributed by atoms with Crippen LogP contribution < -0.4 is 10.1 Å². The number of sulfonamides is 1. The van der Waals surface area contributed by atoms with Gasteiger partial charge in [-0.15, -0.1) is 0 Å². The maximum atomic E-state index is 13.1. The number of aryl methyl sites for hydroxylation is 3. The Labute approximate surface area is 202 Å². The Bertz CT molecular complexity index is 1270. The van der Waals surface area contributed by atoms with Crippen molar-refractivity contribution in [1.82, 2.24) is 4.31 Å². The number of nitrogens with one attached hydrogen (secondary N) is 1. The van der Waals surface area contributed by atoms with Crippen LogP contribution in [0.15, 0.2) is 65.6 Å². The monoisotopic (exact) mass is 480 g/mol. The van der Waals surface area contributed by atoms with Crippen molar-refractivity contribution in [2.75, 3.05) is 19.0 Å². The van der Waals surface area contributed by atoms with Crippen LogP contribution >= 0.6 is 0 Å². The highest BCUT2D eigenvalue weighted by Gasteiger charge is 2.23. The number of para-hydroxylation sites is 1. The first-order valence-electron chi connectivity index (χ1n) is 11.4. The number of hydrogen-bond donors (Lipinski definition) is 1. The van der Waals surface area contributed by atoms with E-state index in [1.165, 1.54) is 11.4 Å². The van der Waals surface area contributed by atoms with E-state index < -0.39 is 10.0 Å². The molecular weight excluding hydrogens is 448 g/mol. The summed E-state index contributed by atoms with van der Waals surface area (Å²) in [6, 6.07) is 17.8. The Morgan fingerprint density at radius 1 is 0.971 bits per heavy atom. The second-order valence-corrected chi connectivity index (χ2v) is 10.3. The molecule has 0 saturated carbocycles. The Balaban J connectivity index is 1.90. The van der Waals surface area contributed by atoms with Gasteiger partial charge in [0.1, 0.15) is 5.75 Å². The topological polar surface area (TPSA) is 75.7 Å². The minimum absolute atomic E-state index is 0.0667. The minimum Gasteiger partial charge on any atom is -0.494 e. The lowest BCUT2D eigenvalue weighted by atomic mass is 10.0. The molecule has 0 heterocycles. The van der Waals surface area contributed by atoms with Crippen molar-refractivity contribution in [2.45, 2.75) is 45.6 Å². The molecule has 1 amide bonds. The largest absolute Gasteiger partial charge is 0.494 e. The fourth-order valence-corrected chi connectivity index (χ4v) is 4.89. The van der Waals surface area contributed by atoms with Crippen LogP contribution in [0.4, 0.5) is 5.69 Å². The summed E-state index contributed by atoms with van der Waals surface area (Å²) in [6.45, 7) is 8.27. The normalized spacial score (nSPS) is 11.5. The molecule has 34 heavy (non-hydrogen) atoms. The quantitative estimate of drug-likeness (QED) is 0.449. The molecule has 3 aromatic rings. The number of hydrogen-bond acceptors (Lipinski definition) is 4. The Morgan fingerprint density at radius 2 is 1.68 bits per heavy atom. The lowest BCUT2D eigenvalue weighted by Crippen LogP contribution is -2.27. The van der Waals surface area contributed by atoms with Gasteiger partial charge in [-0.1, -0.05) is 42.8 Å². The van der Waals surface area contributed by atoms with Gasteiger partial charge in [-0.05, 0) is 68.7 Å². The first kappa shape index (κ1) is 25.5. The van der Waals surface area contributed by atoms with Crippen LogP contribution in [0.5, 0.6) is 5.75 Å². The van der Waals surface area contributed by atoms with E-state index >= 15 is 0 Å². The molecule has 6 nitrogen and oxygen atoms in total. The van der Waals surface area contributed by atoms with Crippen LogP contribution in [0.25, 0.3) is 0 Å². The van der Waals surface area contributed by atoms with Crippen molar-refractivity contribution < 1.29 is 17.9 Å². The smallest absolute Gasteiger partial charge is 0.255 e. The van der Waals surface area contributed by atoms with E-state index in [4.69, 9.17) is 4.74 Å². The standard InChI is InChI=1S/C27H32N2O4S/c1-6-21-10-8-9-20(4)26(21)28-27(30)22-13-16-25(33-7-2)23(17-22)18-29(5)34(31,32)24-14-11-19(3)12-15-24/h8-17H,6-7,18H2,1-5H3,(H,28,30). The number of anilines is 1. The molecule has 0 aliphatic heterocycles. The zero-order chi connectivity index (χ0) is 24.9. The van der Waals surface area contributed by atoms with Crippen molar-refractivity contribution in [2.24, 2.45) is 0 Å². The summed E-state index contributed by atoms with van der Waals surface area (Å²) in [4.78, 5) is 13.3. The van der Waals surface area contributed by atoms with Gasteiger partial charge in [0.05, 0.1) is 11.5 Å². The second-order valence-electron chi connectivity index (χ2n) is 8.25. The number of rotatable bonds is 9. The molecule has 1 N–H and O–H groups in total. The summed E-state index contributed by atoms with van der Waals surface area (Å²) >= 11 is 0. The zero-order valence-electron chi connectivity index (χ0n) is 20.4. The third-order valence-corrected chi connectivity index (χ3v) is 7.54. The van der Waals surface area contributed by atoms with E-state index in [1.54, 1.807) is 42.5 Å². The zero-order valence-corrected chi connectivity index (χ0v) is 21.2. The minimum atomic E-state index is -3.70. The van der Waals surface area contributed by atoms with E-state index in [1.807, 2.05) is 45.9 Å². The van der Waals surface area contributed by atoms with Gasteiger partial charge in [-0.2, -0.15) is 4.31 Å². The van der Waals surface area contributed by atoms with Crippen molar-refractivity contribution in [3.8, 4) is 5.75 Å². The second kappa shape index (κ2) is 10.8. The van der Waals surface area contributed by atoms with Crippen LogP contribution in [0.3, 0.4) is 0 Å². The predicted molar refractivity (Wildman–Crippen MR) is 136 cm³/mol. The van der Waals surface area contributed by atoms with Crippen LogP contribution in [0.2, 0.25) is 0 Å². The third-order valence-electron chi connectivity index (χ3n) is 5.72. The molecule has 3 rings (SSSR count). The van der Waals surface area contributed by atoms with E-state index in [2.05, 4.69) is 5.32 Å². The van der Waals surface area contributed by atoms with Gasteiger partial charge in [0, 0.05) is 30.4 Å². The third kappa shape index (κ3) is 5.66. The molecule has 0 radical (unpaired) electrons. The van der Waals surface area contributed by atoms with Gasteiger partial charge in [-0.3, -0.25) is 4.79 Å². The molecule has 3 aromatic carbocycles. The lowest BCUT2D eigenvalue weighted by molar-refractivity contribution is 0.102. The summed E-state index contributed by atoms with van der Waals surface area (Å²) in [5.41, 5.74) is 4.90. The van der Waals surface area contributed by atoms with Gasteiger partial charge in [0.15, 0.2) is 0 Å².